The van der Waals surface area contributed by atoms with Gasteiger partial charge in [-0.3, -0.25) is 38.5 Å². The molecule has 1 heterocycles. The highest BCUT2D eigenvalue weighted by molar-refractivity contribution is 7.91. The quantitative estimate of drug-likeness (QED) is 0.141. The van der Waals surface area contributed by atoms with Crippen molar-refractivity contribution in [2.75, 3.05) is 0 Å². The summed E-state index contributed by atoms with van der Waals surface area (Å²) in [5, 5.41) is 7.71. The Balaban J connectivity index is 2.52. The first-order valence-electron chi connectivity index (χ1n) is 18.1. The SMILES string of the molecule is CCC(N)CC(=O)N(C(=O)C(=O)NS(=O)(=O)C(F)(F)F)C(=O)[C@H](CC1CCCCC1)NC(=O)[C@@H](NC(=O)[C@H](CC(C)C)NC(=O)c1cnccn1)[C@@H](C)CC. The summed E-state index contributed by atoms with van der Waals surface area (Å²) in [5.41, 5.74) is -0.242. The summed E-state index contributed by atoms with van der Waals surface area (Å²) in [4.78, 5) is 102. The lowest BCUT2D eigenvalue weighted by atomic mass is 9.84. The Labute approximate surface area is 318 Å². The minimum absolute atomic E-state index is 0.0671. The fourth-order valence-corrected chi connectivity index (χ4v) is 6.27. The van der Waals surface area contributed by atoms with E-state index in [0.717, 1.165) is 19.3 Å². The van der Waals surface area contributed by atoms with E-state index in [4.69, 9.17) is 5.73 Å². The molecule has 1 unspecified atom stereocenters. The highest BCUT2D eigenvalue weighted by Crippen LogP contribution is 2.28. The molecule has 2 rings (SSSR count). The van der Waals surface area contributed by atoms with Gasteiger partial charge in [-0.05, 0) is 37.0 Å². The fourth-order valence-electron chi connectivity index (χ4n) is 5.82. The number of carbonyl (C=O) groups excluding carboxylic acids is 7. The summed E-state index contributed by atoms with van der Waals surface area (Å²) in [5.74, 6) is -11.0. The molecule has 55 heavy (non-hydrogen) atoms. The first-order valence-corrected chi connectivity index (χ1v) is 19.6. The lowest BCUT2D eigenvalue weighted by molar-refractivity contribution is -0.160. The number of aromatic nitrogens is 2. The fraction of sp³-hybridized carbons (Fsp3) is 0.676. The largest absolute Gasteiger partial charge is 0.516 e. The Bertz CT molecular complexity index is 1640. The number of nitrogens with zero attached hydrogens (tertiary/aromatic N) is 3. The molecule has 0 spiro atoms. The van der Waals surface area contributed by atoms with Crippen LogP contribution in [-0.4, -0.2) is 94.3 Å². The monoisotopic (exact) mass is 804 g/mol. The van der Waals surface area contributed by atoms with Crippen LogP contribution >= 0.6 is 0 Å². The molecule has 1 fully saturated rings. The van der Waals surface area contributed by atoms with Gasteiger partial charge in [0.25, 0.3) is 11.8 Å². The maximum atomic E-state index is 14.2. The molecule has 17 nitrogen and oxygen atoms in total. The van der Waals surface area contributed by atoms with Crippen molar-refractivity contribution in [3.05, 3.63) is 24.3 Å². The summed E-state index contributed by atoms with van der Waals surface area (Å²) >= 11 is 0. The predicted molar refractivity (Wildman–Crippen MR) is 190 cm³/mol. The number of hydrogen-bond donors (Lipinski definition) is 5. The third-order valence-electron chi connectivity index (χ3n) is 9.19. The molecular weight excluding hydrogens is 753 g/mol. The summed E-state index contributed by atoms with van der Waals surface area (Å²) in [7, 11) is -6.43. The number of nitrogens with one attached hydrogen (secondary N) is 4. The third-order valence-corrected chi connectivity index (χ3v) is 10.2. The average molecular weight is 805 g/mol. The molecule has 0 aromatic carbocycles. The zero-order valence-electron chi connectivity index (χ0n) is 31.5. The molecule has 1 saturated carbocycles. The van der Waals surface area contributed by atoms with E-state index in [2.05, 4.69) is 25.9 Å². The Hall–Kier alpha value is -4.53. The average Bonchev–Trinajstić information content (AvgIpc) is 3.12. The predicted octanol–water partition coefficient (Wildman–Crippen LogP) is 1.58. The van der Waals surface area contributed by atoms with Crippen molar-refractivity contribution in [3.63, 3.8) is 0 Å². The number of hydrogen-bond acceptors (Lipinski definition) is 12. The van der Waals surface area contributed by atoms with E-state index in [9.17, 15) is 55.2 Å². The normalized spacial score (nSPS) is 16.5. The molecule has 1 aromatic rings. The van der Waals surface area contributed by atoms with Crippen LogP contribution in [0.15, 0.2) is 18.6 Å². The third kappa shape index (κ3) is 13.9. The van der Waals surface area contributed by atoms with E-state index in [0.29, 0.717) is 24.0 Å². The molecule has 21 heteroatoms. The van der Waals surface area contributed by atoms with E-state index >= 15 is 0 Å². The van der Waals surface area contributed by atoms with Gasteiger partial charge in [0.1, 0.15) is 23.8 Å². The highest BCUT2D eigenvalue weighted by Gasteiger charge is 2.49. The minimum atomic E-state index is -6.43. The standard InChI is InChI=1S/C34H51F3N8O9S/c1-6-20(5)27(43-28(47)23(15-19(3)4)41-29(48)25-18-39-13-14-40-25)30(49)42-24(16-21-11-9-8-10-12-21)32(51)45(26(46)17-22(38)7-2)33(52)31(50)44-55(53,54)34(35,36)37/h13-14,18-24,27H,6-12,15-17,38H2,1-5H3,(H,41,48)(H,42,49)(H,43,47)(H,44,50)/t20-,22?,23-,24-,27-/m0/s1. The molecule has 1 aromatic heterocycles. The molecule has 1 aliphatic rings. The smallest absolute Gasteiger partial charge is 0.342 e. The molecule has 0 aliphatic heterocycles. The second kappa shape index (κ2) is 21.0. The number of rotatable bonds is 17. The van der Waals surface area contributed by atoms with Crippen LogP contribution in [0.25, 0.3) is 0 Å². The molecule has 308 valence electrons. The van der Waals surface area contributed by atoms with E-state index < -0.39 is 93.4 Å². The second-order valence-electron chi connectivity index (χ2n) is 14.0. The maximum absolute atomic E-state index is 14.2. The van der Waals surface area contributed by atoms with Crippen molar-refractivity contribution in [2.24, 2.45) is 23.5 Å². The summed E-state index contributed by atoms with van der Waals surface area (Å²) < 4.78 is 63.0. The van der Waals surface area contributed by atoms with Crippen LogP contribution in [-0.2, 0) is 38.8 Å². The molecule has 0 bridgehead atoms. The van der Waals surface area contributed by atoms with E-state index in [1.165, 1.54) is 18.6 Å². The molecule has 5 atom stereocenters. The Morgan fingerprint density at radius 3 is 2.07 bits per heavy atom. The van der Waals surface area contributed by atoms with Crippen molar-refractivity contribution in [1.82, 2.24) is 35.5 Å². The Morgan fingerprint density at radius 2 is 1.55 bits per heavy atom. The number of carbonyl (C=O) groups is 7. The number of halogens is 3. The van der Waals surface area contributed by atoms with Crippen LogP contribution in [0.1, 0.15) is 109 Å². The van der Waals surface area contributed by atoms with E-state index in [1.54, 1.807) is 34.6 Å². The van der Waals surface area contributed by atoms with E-state index in [-0.39, 0.29) is 41.7 Å². The van der Waals surface area contributed by atoms with E-state index in [1.807, 2.05) is 0 Å². The second-order valence-corrected chi connectivity index (χ2v) is 15.7. The lowest BCUT2D eigenvalue weighted by Gasteiger charge is -2.32. The van der Waals surface area contributed by atoms with Crippen LogP contribution in [0.5, 0.6) is 0 Å². The molecule has 0 radical (unpaired) electrons. The highest BCUT2D eigenvalue weighted by atomic mass is 32.2. The zero-order chi connectivity index (χ0) is 41.7. The maximum Gasteiger partial charge on any atom is 0.516 e. The van der Waals surface area contributed by atoms with Crippen LogP contribution in [0.4, 0.5) is 13.2 Å². The van der Waals surface area contributed by atoms with Crippen LogP contribution in [0.2, 0.25) is 0 Å². The number of sulfonamides is 1. The van der Waals surface area contributed by atoms with Gasteiger partial charge in [-0.25, -0.2) is 14.6 Å². The Kier molecular flexibility index (Phi) is 17.8. The van der Waals surface area contributed by atoms with Gasteiger partial charge in [0.15, 0.2) is 0 Å². The molecule has 0 saturated heterocycles. The van der Waals surface area contributed by atoms with Crippen molar-refractivity contribution in [3.8, 4) is 0 Å². The first kappa shape index (κ1) is 46.6. The van der Waals surface area contributed by atoms with Gasteiger partial charge in [0.2, 0.25) is 17.7 Å². The van der Waals surface area contributed by atoms with Crippen LogP contribution in [0, 0.1) is 17.8 Å². The lowest BCUT2D eigenvalue weighted by Crippen LogP contribution is -2.61. The first-order chi connectivity index (χ1) is 25.6. The number of imide groups is 3. The molecular formula is C34H51F3N8O9S. The van der Waals surface area contributed by atoms with Gasteiger partial charge >= 0.3 is 27.3 Å². The van der Waals surface area contributed by atoms with Crippen molar-refractivity contribution < 1.29 is 55.2 Å². The summed E-state index contributed by atoms with van der Waals surface area (Å²) in [6.07, 6.45) is 7.00. The van der Waals surface area contributed by atoms with Crippen molar-refractivity contribution in [2.45, 2.75) is 129 Å². The molecule has 1 aliphatic carbocycles. The number of nitrogens with two attached hydrogens (primary N) is 1. The van der Waals surface area contributed by atoms with Gasteiger partial charge in [-0.15, -0.1) is 0 Å². The topological polar surface area (TPSA) is 257 Å². The summed E-state index contributed by atoms with van der Waals surface area (Å²) in [6.45, 7) is 8.49. The Morgan fingerprint density at radius 1 is 0.909 bits per heavy atom. The molecule has 7 amide bonds. The zero-order valence-corrected chi connectivity index (χ0v) is 32.3. The number of amides is 7. The summed E-state index contributed by atoms with van der Waals surface area (Å²) in [6, 6.07) is -5.26. The van der Waals surface area contributed by atoms with Gasteiger partial charge in [0.05, 0.1) is 6.20 Å². The van der Waals surface area contributed by atoms with Crippen molar-refractivity contribution >= 4 is 51.4 Å². The van der Waals surface area contributed by atoms with Crippen LogP contribution in [0.3, 0.4) is 0 Å². The number of alkyl halides is 3. The van der Waals surface area contributed by atoms with Gasteiger partial charge in [-0.2, -0.15) is 21.6 Å². The van der Waals surface area contributed by atoms with Crippen LogP contribution < -0.4 is 26.4 Å². The molecule has 6 N–H and O–H groups in total. The van der Waals surface area contributed by atoms with Crippen molar-refractivity contribution in [1.29, 1.82) is 0 Å². The minimum Gasteiger partial charge on any atom is -0.342 e. The van der Waals surface area contributed by atoms with Gasteiger partial charge < -0.3 is 21.7 Å². The van der Waals surface area contributed by atoms with Gasteiger partial charge in [-0.1, -0.05) is 73.1 Å². The van der Waals surface area contributed by atoms with Gasteiger partial charge in [0, 0.05) is 24.9 Å².